The number of hydrogen-bond donors (Lipinski definition) is 2. The summed E-state index contributed by atoms with van der Waals surface area (Å²) in [5.74, 6) is 5.32. The van der Waals surface area contributed by atoms with Gasteiger partial charge in [-0.05, 0) is 31.9 Å². The quantitative estimate of drug-likeness (QED) is 0.512. The highest BCUT2D eigenvalue weighted by molar-refractivity contribution is 5.24. The molecule has 0 radical (unpaired) electrons. The first-order valence-electron chi connectivity index (χ1n) is 4.04. The minimum absolute atomic E-state index is 0.116. The van der Waals surface area contributed by atoms with Crippen molar-refractivity contribution in [1.82, 2.24) is 10.4 Å². The number of nitrogens with zero attached hydrogens (tertiary/aromatic N) is 1. The van der Waals surface area contributed by atoms with E-state index >= 15 is 0 Å². The van der Waals surface area contributed by atoms with Crippen LogP contribution in [0.5, 0.6) is 0 Å². The molecular weight excluding hydrogens is 150 g/mol. The van der Waals surface area contributed by atoms with Crippen molar-refractivity contribution in [2.24, 2.45) is 5.84 Å². The standard InChI is InChI=1S/C9H15N3/c1-6-4-7(2)9(11-5-6)8(3)12-10/h4-5,8,12H,10H2,1-3H3. The molecule has 0 saturated carbocycles. The molecule has 1 heterocycles. The maximum atomic E-state index is 5.32. The van der Waals surface area contributed by atoms with Gasteiger partial charge in [-0.25, -0.2) is 0 Å². The lowest BCUT2D eigenvalue weighted by molar-refractivity contribution is 0.583. The maximum absolute atomic E-state index is 5.32. The number of nitrogens with two attached hydrogens (primary N) is 1. The summed E-state index contributed by atoms with van der Waals surface area (Å²) in [5, 5.41) is 0. The van der Waals surface area contributed by atoms with Gasteiger partial charge >= 0.3 is 0 Å². The Morgan fingerprint density at radius 1 is 1.50 bits per heavy atom. The summed E-state index contributed by atoms with van der Waals surface area (Å²) in [5.41, 5.74) is 6.06. The van der Waals surface area contributed by atoms with E-state index in [2.05, 4.69) is 16.5 Å². The Morgan fingerprint density at radius 2 is 2.17 bits per heavy atom. The second-order valence-corrected chi connectivity index (χ2v) is 3.10. The lowest BCUT2D eigenvalue weighted by Crippen LogP contribution is -2.26. The molecule has 66 valence electrons. The number of hydrazine groups is 1. The molecule has 1 aromatic rings. The van der Waals surface area contributed by atoms with Crippen LogP contribution >= 0.6 is 0 Å². The summed E-state index contributed by atoms with van der Waals surface area (Å²) in [6.07, 6.45) is 1.86. The van der Waals surface area contributed by atoms with Gasteiger partial charge in [0, 0.05) is 6.20 Å². The third kappa shape index (κ3) is 1.81. The minimum atomic E-state index is 0.116. The zero-order valence-corrected chi connectivity index (χ0v) is 7.76. The zero-order chi connectivity index (χ0) is 9.14. The molecule has 3 N–H and O–H groups in total. The Bertz CT molecular complexity index is 270. The largest absolute Gasteiger partial charge is 0.271 e. The van der Waals surface area contributed by atoms with Gasteiger partial charge in [-0.15, -0.1) is 0 Å². The molecule has 0 amide bonds. The van der Waals surface area contributed by atoms with Gasteiger partial charge in [0.15, 0.2) is 0 Å². The highest BCUT2D eigenvalue weighted by Crippen LogP contribution is 2.13. The molecule has 0 aliphatic rings. The first-order valence-corrected chi connectivity index (χ1v) is 4.04. The number of hydrogen-bond acceptors (Lipinski definition) is 3. The van der Waals surface area contributed by atoms with E-state index in [4.69, 9.17) is 5.84 Å². The number of pyridine rings is 1. The number of aromatic nitrogens is 1. The van der Waals surface area contributed by atoms with E-state index in [1.54, 1.807) is 0 Å². The first kappa shape index (κ1) is 9.16. The highest BCUT2D eigenvalue weighted by Gasteiger charge is 2.06. The molecule has 0 fully saturated rings. The average Bonchev–Trinajstić information content (AvgIpc) is 2.03. The van der Waals surface area contributed by atoms with Gasteiger partial charge in [-0.3, -0.25) is 16.3 Å². The molecule has 12 heavy (non-hydrogen) atoms. The zero-order valence-electron chi connectivity index (χ0n) is 7.76. The van der Waals surface area contributed by atoms with Crippen LogP contribution in [-0.2, 0) is 0 Å². The summed E-state index contributed by atoms with van der Waals surface area (Å²) in [7, 11) is 0. The molecule has 0 aliphatic carbocycles. The number of rotatable bonds is 2. The number of nitrogens with one attached hydrogen (secondary N) is 1. The molecule has 1 unspecified atom stereocenters. The van der Waals surface area contributed by atoms with Crippen LogP contribution in [0.3, 0.4) is 0 Å². The van der Waals surface area contributed by atoms with E-state index in [-0.39, 0.29) is 6.04 Å². The topological polar surface area (TPSA) is 50.9 Å². The van der Waals surface area contributed by atoms with Gasteiger partial charge in [-0.2, -0.15) is 0 Å². The van der Waals surface area contributed by atoms with Crippen molar-refractivity contribution in [2.75, 3.05) is 0 Å². The van der Waals surface area contributed by atoms with E-state index in [1.807, 2.05) is 27.0 Å². The van der Waals surface area contributed by atoms with E-state index in [9.17, 15) is 0 Å². The van der Waals surface area contributed by atoms with Crippen molar-refractivity contribution in [3.8, 4) is 0 Å². The van der Waals surface area contributed by atoms with Gasteiger partial charge in [0.2, 0.25) is 0 Å². The van der Waals surface area contributed by atoms with Gasteiger partial charge < -0.3 is 0 Å². The van der Waals surface area contributed by atoms with Crippen molar-refractivity contribution in [1.29, 1.82) is 0 Å². The van der Waals surface area contributed by atoms with Gasteiger partial charge in [-0.1, -0.05) is 6.07 Å². The predicted molar refractivity (Wildman–Crippen MR) is 49.4 cm³/mol. The Kier molecular flexibility index (Phi) is 2.78. The van der Waals surface area contributed by atoms with Crippen LogP contribution < -0.4 is 11.3 Å². The smallest absolute Gasteiger partial charge is 0.0613 e. The summed E-state index contributed by atoms with van der Waals surface area (Å²) in [4.78, 5) is 4.31. The van der Waals surface area contributed by atoms with Crippen LogP contribution in [0.1, 0.15) is 29.8 Å². The molecule has 0 saturated heterocycles. The Balaban J connectivity index is 3.01. The third-order valence-electron chi connectivity index (χ3n) is 1.92. The third-order valence-corrected chi connectivity index (χ3v) is 1.92. The maximum Gasteiger partial charge on any atom is 0.0613 e. The Morgan fingerprint density at radius 3 is 2.67 bits per heavy atom. The van der Waals surface area contributed by atoms with E-state index < -0.39 is 0 Å². The molecule has 0 spiro atoms. The number of aryl methyl sites for hydroxylation is 2. The lowest BCUT2D eigenvalue weighted by Gasteiger charge is -2.12. The average molecular weight is 165 g/mol. The van der Waals surface area contributed by atoms with Crippen LogP contribution in [0, 0.1) is 13.8 Å². The fourth-order valence-corrected chi connectivity index (χ4v) is 1.26. The van der Waals surface area contributed by atoms with Gasteiger partial charge in [0.1, 0.15) is 0 Å². The molecule has 1 aromatic heterocycles. The van der Waals surface area contributed by atoms with Crippen molar-refractivity contribution in [3.05, 3.63) is 29.1 Å². The van der Waals surface area contributed by atoms with Crippen molar-refractivity contribution < 1.29 is 0 Å². The van der Waals surface area contributed by atoms with Crippen LogP contribution in [0.25, 0.3) is 0 Å². The van der Waals surface area contributed by atoms with E-state index in [0.717, 1.165) is 5.69 Å². The van der Waals surface area contributed by atoms with Crippen LogP contribution in [0.2, 0.25) is 0 Å². The molecule has 0 aliphatic heterocycles. The molecule has 0 bridgehead atoms. The van der Waals surface area contributed by atoms with Crippen LogP contribution in [-0.4, -0.2) is 4.98 Å². The fraction of sp³-hybridized carbons (Fsp3) is 0.444. The lowest BCUT2D eigenvalue weighted by atomic mass is 10.1. The molecule has 1 rings (SSSR count). The van der Waals surface area contributed by atoms with Gasteiger partial charge in [0.05, 0.1) is 11.7 Å². The van der Waals surface area contributed by atoms with E-state index in [0.29, 0.717) is 0 Å². The molecular formula is C9H15N3. The van der Waals surface area contributed by atoms with Gasteiger partial charge in [0.25, 0.3) is 0 Å². The molecule has 3 nitrogen and oxygen atoms in total. The summed E-state index contributed by atoms with van der Waals surface area (Å²) < 4.78 is 0. The fourth-order valence-electron chi connectivity index (χ4n) is 1.26. The minimum Gasteiger partial charge on any atom is -0.271 e. The first-order chi connectivity index (χ1) is 5.65. The molecule has 0 aromatic carbocycles. The summed E-state index contributed by atoms with van der Waals surface area (Å²) >= 11 is 0. The van der Waals surface area contributed by atoms with Crippen molar-refractivity contribution >= 4 is 0 Å². The second kappa shape index (κ2) is 3.65. The Labute approximate surface area is 73.0 Å². The van der Waals surface area contributed by atoms with Crippen molar-refractivity contribution in [2.45, 2.75) is 26.8 Å². The highest BCUT2D eigenvalue weighted by atomic mass is 15.2. The SMILES string of the molecule is Cc1cnc(C(C)NN)c(C)c1. The van der Waals surface area contributed by atoms with Crippen LogP contribution in [0.15, 0.2) is 12.3 Å². The monoisotopic (exact) mass is 165 g/mol. The van der Waals surface area contributed by atoms with E-state index in [1.165, 1.54) is 11.1 Å². The normalized spacial score (nSPS) is 13.0. The second-order valence-electron chi connectivity index (χ2n) is 3.10. The Hall–Kier alpha value is -0.930. The summed E-state index contributed by atoms with van der Waals surface area (Å²) in [6.45, 7) is 6.07. The molecule has 1 atom stereocenters. The van der Waals surface area contributed by atoms with Crippen molar-refractivity contribution in [3.63, 3.8) is 0 Å². The molecule has 3 heteroatoms. The predicted octanol–water partition coefficient (Wildman–Crippen LogP) is 1.22. The van der Waals surface area contributed by atoms with Crippen LogP contribution in [0.4, 0.5) is 0 Å². The summed E-state index contributed by atoms with van der Waals surface area (Å²) in [6, 6.07) is 2.22.